The van der Waals surface area contributed by atoms with Crippen molar-refractivity contribution in [3.05, 3.63) is 126 Å². The first-order valence-corrected chi connectivity index (χ1v) is 9.46. The molecule has 4 aromatic rings. The highest BCUT2D eigenvalue weighted by atomic mass is 15.3. The van der Waals surface area contributed by atoms with Gasteiger partial charge in [-0.3, -0.25) is 5.43 Å². The van der Waals surface area contributed by atoms with Crippen LogP contribution in [0, 0.1) is 0 Å². The standard InChI is InChI=1S/C26H22N2/c1-4-10-21(11-5-1)20-26(28-27-25-14-8-3-9-15-25)24-18-16-23(17-19-24)22-12-6-2-7-13-22/h1-19,27H,20H2/b28-26-. The first-order chi connectivity index (χ1) is 13.9. The molecule has 0 radical (unpaired) electrons. The van der Waals surface area contributed by atoms with Gasteiger partial charge in [0, 0.05) is 6.42 Å². The number of hydrogen-bond donors (Lipinski definition) is 1. The molecule has 1 N–H and O–H groups in total. The fourth-order valence-electron chi connectivity index (χ4n) is 3.13. The van der Waals surface area contributed by atoms with Crippen molar-refractivity contribution in [1.29, 1.82) is 0 Å². The Morgan fingerprint density at radius 3 is 1.75 bits per heavy atom. The van der Waals surface area contributed by atoms with E-state index in [2.05, 4.69) is 78.2 Å². The zero-order chi connectivity index (χ0) is 19.0. The van der Waals surface area contributed by atoms with Crippen molar-refractivity contribution < 1.29 is 0 Å². The van der Waals surface area contributed by atoms with E-state index in [0.29, 0.717) is 0 Å². The predicted molar refractivity (Wildman–Crippen MR) is 119 cm³/mol. The highest BCUT2D eigenvalue weighted by molar-refractivity contribution is 6.02. The molecule has 0 aromatic heterocycles. The summed E-state index contributed by atoms with van der Waals surface area (Å²) in [4.78, 5) is 0. The van der Waals surface area contributed by atoms with Crippen LogP contribution in [-0.2, 0) is 6.42 Å². The molecule has 0 atom stereocenters. The summed E-state index contributed by atoms with van der Waals surface area (Å²) >= 11 is 0. The Morgan fingerprint density at radius 1 is 0.571 bits per heavy atom. The number of nitrogens with one attached hydrogen (secondary N) is 1. The molecular formula is C26H22N2. The molecule has 136 valence electrons. The molecule has 2 heteroatoms. The number of rotatable bonds is 6. The number of benzene rings is 4. The lowest BCUT2D eigenvalue weighted by Gasteiger charge is -2.10. The molecule has 0 aliphatic heterocycles. The van der Waals surface area contributed by atoms with Crippen LogP contribution in [0.1, 0.15) is 11.1 Å². The maximum Gasteiger partial charge on any atom is 0.0723 e. The molecule has 28 heavy (non-hydrogen) atoms. The number of hydrazone groups is 1. The van der Waals surface area contributed by atoms with Crippen LogP contribution < -0.4 is 5.43 Å². The maximum absolute atomic E-state index is 4.73. The third-order valence-electron chi connectivity index (χ3n) is 4.63. The molecule has 2 nitrogen and oxygen atoms in total. The van der Waals surface area contributed by atoms with E-state index in [4.69, 9.17) is 5.10 Å². The van der Waals surface area contributed by atoms with Gasteiger partial charge in [-0.1, -0.05) is 103 Å². The Balaban J connectivity index is 1.62. The lowest BCUT2D eigenvalue weighted by molar-refractivity contribution is 1.25. The van der Waals surface area contributed by atoms with E-state index in [0.717, 1.165) is 23.4 Å². The van der Waals surface area contributed by atoms with Gasteiger partial charge in [0.05, 0.1) is 11.4 Å². The average Bonchev–Trinajstić information content (AvgIpc) is 2.79. The summed E-state index contributed by atoms with van der Waals surface area (Å²) in [6, 6.07) is 39.5. The van der Waals surface area contributed by atoms with Crippen LogP contribution >= 0.6 is 0 Å². The molecule has 4 rings (SSSR count). The predicted octanol–water partition coefficient (Wildman–Crippen LogP) is 6.41. The summed E-state index contributed by atoms with van der Waals surface area (Å²) in [5.41, 5.74) is 9.97. The van der Waals surface area contributed by atoms with Crippen LogP contribution in [0.2, 0.25) is 0 Å². The molecule has 0 unspecified atom stereocenters. The fourth-order valence-corrected chi connectivity index (χ4v) is 3.13. The summed E-state index contributed by atoms with van der Waals surface area (Å²) in [6.07, 6.45) is 0.769. The third kappa shape index (κ3) is 4.54. The summed E-state index contributed by atoms with van der Waals surface area (Å²) in [5, 5.41) is 4.73. The van der Waals surface area contributed by atoms with Crippen molar-refractivity contribution >= 4 is 11.4 Å². The Hall–Kier alpha value is -3.65. The molecule has 0 bridgehead atoms. The van der Waals surface area contributed by atoms with Gasteiger partial charge in [0.2, 0.25) is 0 Å². The lowest BCUT2D eigenvalue weighted by Crippen LogP contribution is -2.08. The summed E-state index contributed by atoms with van der Waals surface area (Å²) in [6.45, 7) is 0. The van der Waals surface area contributed by atoms with Gasteiger partial charge in [0.1, 0.15) is 0 Å². The second-order valence-corrected chi connectivity index (χ2v) is 6.64. The lowest BCUT2D eigenvalue weighted by atomic mass is 9.99. The van der Waals surface area contributed by atoms with E-state index >= 15 is 0 Å². The molecule has 0 saturated heterocycles. The minimum absolute atomic E-state index is 0.769. The van der Waals surface area contributed by atoms with Crippen molar-refractivity contribution in [2.45, 2.75) is 6.42 Å². The molecule has 0 heterocycles. The fraction of sp³-hybridized carbons (Fsp3) is 0.0385. The van der Waals surface area contributed by atoms with Crippen molar-refractivity contribution in [3.8, 4) is 11.1 Å². The zero-order valence-electron chi connectivity index (χ0n) is 15.6. The van der Waals surface area contributed by atoms with E-state index in [9.17, 15) is 0 Å². The van der Waals surface area contributed by atoms with Gasteiger partial charge in [-0.25, -0.2) is 0 Å². The van der Waals surface area contributed by atoms with Crippen molar-refractivity contribution in [2.75, 3.05) is 5.43 Å². The van der Waals surface area contributed by atoms with Crippen LogP contribution in [0.3, 0.4) is 0 Å². The van der Waals surface area contributed by atoms with Crippen LogP contribution in [0.15, 0.2) is 120 Å². The van der Waals surface area contributed by atoms with Crippen LogP contribution in [-0.4, -0.2) is 5.71 Å². The van der Waals surface area contributed by atoms with Gasteiger partial charge in [0.15, 0.2) is 0 Å². The number of nitrogens with zero attached hydrogens (tertiary/aromatic N) is 1. The van der Waals surface area contributed by atoms with Crippen molar-refractivity contribution in [2.24, 2.45) is 5.10 Å². The zero-order valence-corrected chi connectivity index (χ0v) is 15.6. The van der Waals surface area contributed by atoms with E-state index in [1.807, 2.05) is 42.5 Å². The molecule has 0 saturated carbocycles. The number of anilines is 1. The van der Waals surface area contributed by atoms with Gasteiger partial charge in [-0.15, -0.1) is 0 Å². The van der Waals surface area contributed by atoms with Crippen molar-refractivity contribution in [1.82, 2.24) is 0 Å². The Morgan fingerprint density at radius 2 is 1.11 bits per heavy atom. The van der Waals surface area contributed by atoms with Gasteiger partial charge < -0.3 is 0 Å². The smallest absolute Gasteiger partial charge is 0.0723 e. The Kier molecular flexibility index (Phi) is 5.60. The van der Waals surface area contributed by atoms with E-state index < -0.39 is 0 Å². The molecular weight excluding hydrogens is 340 g/mol. The summed E-state index contributed by atoms with van der Waals surface area (Å²) < 4.78 is 0. The van der Waals surface area contributed by atoms with Gasteiger partial charge >= 0.3 is 0 Å². The normalized spacial score (nSPS) is 11.2. The second-order valence-electron chi connectivity index (χ2n) is 6.64. The monoisotopic (exact) mass is 362 g/mol. The number of hydrogen-bond acceptors (Lipinski definition) is 2. The molecule has 4 aromatic carbocycles. The van der Waals surface area contributed by atoms with Crippen molar-refractivity contribution in [3.63, 3.8) is 0 Å². The highest BCUT2D eigenvalue weighted by Crippen LogP contribution is 2.20. The van der Waals surface area contributed by atoms with E-state index in [1.54, 1.807) is 0 Å². The second kappa shape index (κ2) is 8.83. The minimum Gasteiger partial charge on any atom is -0.278 e. The van der Waals surface area contributed by atoms with Crippen LogP contribution in [0.5, 0.6) is 0 Å². The van der Waals surface area contributed by atoms with Crippen LogP contribution in [0.25, 0.3) is 11.1 Å². The van der Waals surface area contributed by atoms with Gasteiger partial charge in [-0.2, -0.15) is 5.10 Å². The first-order valence-electron chi connectivity index (χ1n) is 9.46. The average molecular weight is 362 g/mol. The van der Waals surface area contributed by atoms with E-state index in [-0.39, 0.29) is 0 Å². The minimum atomic E-state index is 0.769. The third-order valence-corrected chi connectivity index (χ3v) is 4.63. The Bertz CT molecular complexity index is 1020. The first kappa shape index (κ1) is 17.7. The van der Waals surface area contributed by atoms with Gasteiger partial charge in [0.25, 0.3) is 0 Å². The number of para-hydroxylation sites is 1. The highest BCUT2D eigenvalue weighted by Gasteiger charge is 2.07. The topological polar surface area (TPSA) is 24.4 Å². The maximum atomic E-state index is 4.73. The molecule has 0 aliphatic rings. The van der Waals surface area contributed by atoms with Crippen LogP contribution in [0.4, 0.5) is 5.69 Å². The Labute approximate surface area is 166 Å². The largest absolute Gasteiger partial charge is 0.278 e. The molecule has 0 amide bonds. The summed E-state index contributed by atoms with van der Waals surface area (Å²) in [7, 11) is 0. The van der Waals surface area contributed by atoms with E-state index in [1.165, 1.54) is 16.7 Å². The molecule has 0 aliphatic carbocycles. The molecule has 0 spiro atoms. The summed E-state index contributed by atoms with van der Waals surface area (Å²) in [5.74, 6) is 0. The van der Waals surface area contributed by atoms with Gasteiger partial charge in [-0.05, 0) is 34.4 Å². The quantitative estimate of drug-likeness (QED) is 0.311. The molecule has 0 fully saturated rings. The SMILES string of the molecule is c1ccc(C/C(=N/Nc2ccccc2)c2ccc(-c3ccccc3)cc2)cc1.